The van der Waals surface area contributed by atoms with Crippen LogP contribution in [0.2, 0.25) is 5.02 Å². The van der Waals surface area contributed by atoms with E-state index in [2.05, 4.69) is 9.80 Å². The second-order valence-electron chi connectivity index (χ2n) is 5.52. The van der Waals surface area contributed by atoms with Gasteiger partial charge in [-0.1, -0.05) is 11.6 Å². The lowest BCUT2D eigenvalue weighted by molar-refractivity contribution is -0.384. The molecule has 1 atom stereocenters. The maximum atomic E-state index is 10.7. The molecule has 2 saturated heterocycles. The minimum Gasteiger partial charge on any atom is -0.369 e. The van der Waals surface area contributed by atoms with Crippen LogP contribution >= 0.6 is 11.6 Å². The molecule has 1 aromatic carbocycles. The molecular weight excluding hydrogens is 278 g/mol. The molecule has 2 aliphatic rings. The molecule has 2 heterocycles. The fourth-order valence-corrected chi connectivity index (χ4v) is 3.53. The molecule has 2 aliphatic heterocycles. The van der Waals surface area contributed by atoms with Gasteiger partial charge < -0.3 is 4.90 Å². The summed E-state index contributed by atoms with van der Waals surface area (Å²) in [5, 5.41) is 11.2. The number of benzene rings is 1. The summed E-state index contributed by atoms with van der Waals surface area (Å²) < 4.78 is 0. The van der Waals surface area contributed by atoms with Crippen LogP contribution in [0.25, 0.3) is 0 Å². The molecule has 0 amide bonds. The van der Waals surface area contributed by atoms with Crippen molar-refractivity contribution >= 4 is 23.0 Å². The molecule has 0 spiro atoms. The maximum Gasteiger partial charge on any atom is 0.271 e. The smallest absolute Gasteiger partial charge is 0.271 e. The lowest BCUT2D eigenvalue weighted by Crippen LogP contribution is -2.35. The summed E-state index contributed by atoms with van der Waals surface area (Å²) in [4.78, 5) is 15.1. The summed E-state index contributed by atoms with van der Waals surface area (Å²) >= 11 is 6.20. The summed E-state index contributed by atoms with van der Waals surface area (Å²) in [5.74, 6) is 0. The van der Waals surface area contributed by atoms with Crippen molar-refractivity contribution < 1.29 is 4.92 Å². The van der Waals surface area contributed by atoms with E-state index in [0.29, 0.717) is 11.1 Å². The molecule has 0 aromatic heterocycles. The van der Waals surface area contributed by atoms with Crippen LogP contribution in [0.3, 0.4) is 0 Å². The van der Waals surface area contributed by atoms with E-state index in [9.17, 15) is 10.1 Å². The Morgan fingerprint density at radius 1 is 1.25 bits per heavy atom. The first-order valence-electron chi connectivity index (χ1n) is 7.08. The number of nitrogens with zero attached hydrogens (tertiary/aromatic N) is 3. The van der Waals surface area contributed by atoms with Crippen molar-refractivity contribution in [2.24, 2.45) is 0 Å². The Hall–Kier alpha value is -1.33. The minimum absolute atomic E-state index is 0.0500. The molecule has 108 valence electrons. The average Bonchev–Trinajstić information content (AvgIpc) is 3.09. The molecule has 20 heavy (non-hydrogen) atoms. The van der Waals surface area contributed by atoms with Crippen molar-refractivity contribution in [3.8, 4) is 0 Å². The largest absolute Gasteiger partial charge is 0.369 e. The van der Waals surface area contributed by atoms with Crippen LogP contribution in [0, 0.1) is 10.1 Å². The quantitative estimate of drug-likeness (QED) is 0.635. The molecular formula is C14H18ClN3O2. The lowest BCUT2D eigenvalue weighted by atomic mass is 10.2. The predicted octanol–water partition coefficient (Wildman–Crippen LogP) is 2.92. The lowest BCUT2D eigenvalue weighted by Gasteiger charge is -2.24. The van der Waals surface area contributed by atoms with E-state index in [1.165, 1.54) is 38.1 Å². The molecule has 5 nitrogen and oxygen atoms in total. The highest BCUT2D eigenvalue weighted by Crippen LogP contribution is 2.33. The second-order valence-corrected chi connectivity index (χ2v) is 5.93. The Balaban J connectivity index is 1.72. The van der Waals surface area contributed by atoms with Gasteiger partial charge in [-0.15, -0.1) is 0 Å². The molecule has 0 N–H and O–H groups in total. The van der Waals surface area contributed by atoms with Crippen LogP contribution in [0.15, 0.2) is 18.2 Å². The number of nitro benzene ring substituents is 1. The number of likely N-dealkylation sites (tertiary alicyclic amines) is 1. The van der Waals surface area contributed by atoms with E-state index in [1.807, 2.05) is 0 Å². The van der Waals surface area contributed by atoms with E-state index in [0.717, 1.165) is 25.2 Å². The molecule has 2 fully saturated rings. The Morgan fingerprint density at radius 2 is 2.00 bits per heavy atom. The Kier molecular flexibility index (Phi) is 3.81. The SMILES string of the molecule is O=[N+]([O-])c1ccc(N2CCC(N3CCCC3)C2)c(Cl)c1. The van der Waals surface area contributed by atoms with Crippen LogP contribution in [0.5, 0.6) is 0 Å². The summed E-state index contributed by atoms with van der Waals surface area (Å²) in [6.45, 7) is 4.34. The maximum absolute atomic E-state index is 10.7. The highest BCUT2D eigenvalue weighted by molar-refractivity contribution is 6.33. The first kappa shape index (κ1) is 13.6. The van der Waals surface area contributed by atoms with Crippen molar-refractivity contribution in [2.45, 2.75) is 25.3 Å². The topological polar surface area (TPSA) is 49.6 Å². The minimum atomic E-state index is -0.410. The van der Waals surface area contributed by atoms with Gasteiger partial charge >= 0.3 is 0 Å². The predicted molar refractivity (Wildman–Crippen MR) is 79.5 cm³/mol. The van der Waals surface area contributed by atoms with E-state index < -0.39 is 4.92 Å². The highest BCUT2D eigenvalue weighted by Gasteiger charge is 2.30. The van der Waals surface area contributed by atoms with Gasteiger partial charge in [0.15, 0.2) is 0 Å². The zero-order chi connectivity index (χ0) is 14.1. The molecule has 3 rings (SSSR count). The fraction of sp³-hybridized carbons (Fsp3) is 0.571. The van der Waals surface area contributed by atoms with Gasteiger partial charge in [0.05, 0.1) is 15.6 Å². The van der Waals surface area contributed by atoms with E-state index in [1.54, 1.807) is 6.07 Å². The summed E-state index contributed by atoms with van der Waals surface area (Å²) in [6.07, 6.45) is 3.75. The standard InChI is InChI=1S/C14H18ClN3O2/c15-13-9-11(18(19)20)3-4-14(13)17-8-5-12(10-17)16-6-1-2-7-16/h3-4,9,12H,1-2,5-8,10H2. The van der Waals surface area contributed by atoms with Crippen LogP contribution in [0.1, 0.15) is 19.3 Å². The molecule has 0 radical (unpaired) electrons. The number of hydrogen-bond donors (Lipinski definition) is 0. The summed E-state index contributed by atoms with van der Waals surface area (Å²) in [7, 11) is 0. The van der Waals surface area contributed by atoms with Crippen LogP contribution < -0.4 is 4.90 Å². The first-order chi connectivity index (χ1) is 9.65. The molecule has 0 bridgehead atoms. The van der Waals surface area contributed by atoms with Crippen LogP contribution in [0.4, 0.5) is 11.4 Å². The van der Waals surface area contributed by atoms with Crippen molar-refractivity contribution in [1.29, 1.82) is 0 Å². The van der Waals surface area contributed by atoms with Gasteiger partial charge in [0.2, 0.25) is 0 Å². The van der Waals surface area contributed by atoms with Gasteiger partial charge in [-0.05, 0) is 38.4 Å². The summed E-state index contributed by atoms with van der Waals surface area (Å²) in [5.41, 5.74) is 0.966. The molecule has 0 aliphatic carbocycles. The molecule has 1 aromatic rings. The monoisotopic (exact) mass is 295 g/mol. The normalized spacial score (nSPS) is 23.4. The Labute approximate surface area is 123 Å². The number of rotatable bonds is 3. The number of nitro groups is 1. The third kappa shape index (κ3) is 2.60. The van der Waals surface area contributed by atoms with Gasteiger partial charge in [-0.3, -0.25) is 15.0 Å². The zero-order valence-electron chi connectivity index (χ0n) is 11.3. The average molecular weight is 296 g/mol. The van der Waals surface area contributed by atoms with E-state index >= 15 is 0 Å². The van der Waals surface area contributed by atoms with E-state index in [-0.39, 0.29) is 5.69 Å². The van der Waals surface area contributed by atoms with Gasteiger partial charge in [-0.25, -0.2) is 0 Å². The summed E-state index contributed by atoms with van der Waals surface area (Å²) in [6, 6.07) is 5.35. The number of anilines is 1. The second kappa shape index (κ2) is 5.58. The number of hydrogen-bond acceptors (Lipinski definition) is 4. The van der Waals surface area contributed by atoms with Gasteiger partial charge in [0.25, 0.3) is 5.69 Å². The van der Waals surface area contributed by atoms with Crippen molar-refractivity contribution in [1.82, 2.24) is 4.90 Å². The van der Waals surface area contributed by atoms with Gasteiger partial charge in [0.1, 0.15) is 0 Å². The van der Waals surface area contributed by atoms with Crippen molar-refractivity contribution in [3.05, 3.63) is 33.3 Å². The molecule has 6 heteroatoms. The first-order valence-corrected chi connectivity index (χ1v) is 7.46. The highest BCUT2D eigenvalue weighted by atomic mass is 35.5. The van der Waals surface area contributed by atoms with Crippen LogP contribution in [-0.2, 0) is 0 Å². The number of halogens is 1. The Bertz CT molecular complexity index is 517. The van der Waals surface area contributed by atoms with E-state index in [4.69, 9.17) is 11.6 Å². The van der Waals surface area contributed by atoms with Crippen LogP contribution in [-0.4, -0.2) is 42.0 Å². The molecule has 1 unspecified atom stereocenters. The van der Waals surface area contributed by atoms with Gasteiger partial charge in [0, 0.05) is 31.3 Å². The third-order valence-corrected chi connectivity index (χ3v) is 4.61. The van der Waals surface area contributed by atoms with Crippen molar-refractivity contribution in [2.75, 3.05) is 31.1 Å². The third-order valence-electron chi connectivity index (χ3n) is 4.30. The zero-order valence-corrected chi connectivity index (χ0v) is 12.1. The number of non-ortho nitro benzene ring substituents is 1. The fourth-order valence-electron chi connectivity index (χ4n) is 3.23. The Morgan fingerprint density at radius 3 is 2.65 bits per heavy atom. The van der Waals surface area contributed by atoms with Gasteiger partial charge in [-0.2, -0.15) is 0 Å². The van der Waals surface area contributed by atoms with Crippen molar-refractivity contribution in [3.63, 3.8) is 0 Å². The molecule has 0 saturated carbocycles.